The number of aromatic nitrogens is 4. The monoisotopic (exact) mass is 403 g/mol. The highest BCUT2D eigenvalue weighted by Crippen LogP contribution is 2.33. The summed E-state index contributed by atoms with van der Waals surface area (Å²) < 4.78 is 38.2. The number of anilines is 2. The van der Waals surface area contributed by atoms with Crippen molar-refractivity contribution in [2.24, 2.45) is 0 Å². The summed E-state index contributed by atoms with van der Waals surface area (Å²) in [5, 5.41) is 26.2. The van der Waals surface area contributed by atoms with Gasteiger partial charge in [0, 0.05) is 16.9 Å². The molecule has 1 aliphatic carbocycles. The topological polar surface area (TPSA) is 75.9 Å². The van der Waals surface area contributed by atoms with E-state index in [1.54, 1.807) is 12.1 Å². The molecule has 3 aromatic rings. The van der Waals surface area contributed by atoms with Gasteiger partial charge in [-0.15, -0.1) is 10.2 Å². The summed E-state index contributed by atoms with van der Waals surface area (Å²) in [6.45, 7) is 0.286. The maximum atomic E-state index is 12.7. The van der Waals surface area contributed by atoms with E-state index < -0.39 is 17.3 Å². The smallest absolute Gasteiger partial charge is 0.388 e. The minimum atomic E-state index is -4.37. The predicted molar refractivity (Wildman–Crippen MR) is 101 cm³/mol. The quantitative estimate of drug-likeness (QED) is 0.660. The fourth-order valence-corrected chi connectivity index (χ4v) is 3.56. The van der Waals surface area contributed by atoms with Gasteiger partial charge in [0.1, 0.15) is 0 Å². The zero-order chi connectivity index (χ0) is 20.5. The summed E-state index contributed by atoms with van der Waals surface area (Å²) >= 11 is 0. The normalized spacial score (nSPS) is 16.1. The van der Waals surface area contributed by atoms with Crippen LogP contribution in [0.5, 0.6) is 0 Å². The van der Waals surface area contributed by atoms with Gasteiger partial charge in [-0.05, 0) is 54.5 Å². The molecular formula is C20H20F3N5O. The Kier molecular flexibility index (Phi) is 4.99. The summed E-state index contributed by atoms with van der Waals surface area (Å²) in [4.78, 5) is 1.40. The maximum Gasteiger partial charge on any atom is 0.416 e. The number of benzene rings is 2. The number of rotatable bonds is 5. The van der Waals surface area contributed by atoms with Crippen molar-refractivity contribution in [3.8, 4) is 11.4 Å². The van der Waals surface area contributed by atoms with Crippen LogP contribution >= 0.6 is 0 Å². The van der Waals surface area contributed by atoms with Crippen LogP contribution in [0.4, 0.5) is 24.5 Å². The third-order valence-electron chi connectivity index (χ3n) is 5.08. The molecule has 1 saturated carbocycles. The lowest BCUT2D eigenvalue weighted by molar-refractivity contribution is -0.137. The Labute approximate surface area is 165 Å². The van der Waals surface area contributed by atoms with Crippen LogP contribution in [0.3, 0.4) is 0 Å². The first kappa shape index (κ1) is 19.4. The van der Waals surface area contributed by atoms with E-state index in [2.05, 4.69) is 20.7 Å². The van der Waals surface area contributed by atoms with E-state index >= 15 is 0 Å². The molecule has 0 atom stereocenters. The van der Waals surface area contributed by atoms with E-state index in [4.69, 9.17) is 0 Å². The largest absolute Gasteiger partial charge is 0.416 e. The van der Waals surface area contributed by atoms with Crippen LogP contribution < -0.4 is 5.32 Å². The zero-order valence-electron chi connectivity index (χ0n) is 15.5. The summed E-state index contributed by atoms with van der Waals surface area (Å²) in [6.07, 6.45) is -0.968. The Morgan fingerprint density at radius 3 is 2.41 bits per heavy atom. The number of aliphatic hydroxyl groups is 1. The average molecular weight is 403 g/mol. The highest BCUT2D eigenvalue weighted by molar-refractivity contribution is 5.77. The van der Waals surface area contributed by atoms with Gasteiger partial charge < -0.3 is 10.4 Å². The van der Waals surface area contributed by atoms with Crippen LogP contribution in [0.2, 0.25) is 0 Å². The van der Waals surface area contributed by atoms with Crippen LogP contribution in [0.1, 0.15) is 31.2 Å². The zero-order valence-corrected chi connectivity index (χ0v) is 15.5. The fraction of sp³-hybridized carbons (Fsp3) is 0.350. The van der Waals surface area contributed by atoms with Crippen LogP contribution in [0, 0.1) is 0 Å². The average Bonchev–Trinajstić information content (AvgIpc) is 3.31. The molecule has 1 fully saturated rings. The van der Waals surface area contributed by atoms with E-state index in [0.717, 1.165) is 37.8 Å². The molecule has 152 valence electrons. The number of halogens is 3. The van der Waals surface area contributed by atoms with Crippen molar-refractivity contribution in [3.63, 3.8) is 0 Å². The molecule has 6 nitrogen and oxygen atoms in total. The Balaban J connectivity index is 1.54. The second-order valence-electron chi connectivity index (χ2n) is 7.32. The summed E-state index contributed by atoms with van der Waals surface area (Å²) in [6, 6.07) is 12.0. The number of tetrazole rings is 1. The highest BCUT2D eigenvalue weighted by atomic mass is 19.4. The first-order valence-electron chi connectivity index (χ1n) is 9.36. The summed E-state index contributed by atoms with van der Waals surface area (Å²) in [5.41, 5.74) is 0.322. The van der Waals surface area contributed by atoms with Gasteiger partial charge in [-0.2, -0.15) is 18.0 Å². The third-order valence-corrected chi connectivity index (χ3v) is 5.08. The van der Waals surface area contributed by atoms with Crippen molar-refractivity contribution in [3.05, 3.63) is 54.1 Å². The number of para-hydroxylation sites is 1. The Hall–Kier alpha value is -2.94. The van der Waals surface area contributed by atoms with E-state index in [0.29, 0.717) is 22.8 Å². The molecule has 0 bridgehead atoms. The summed E-state index contributed by atoms with van der Waals surface area (Å²) in [5.74, 6) is 0.376. The molecular weight excluding hydrogens is 383 g/mol. The van der Waals surface area contributed by atoms with Gasteiger partial charge in [-0.3, -0.25) is 0 Å². The van der Waals surface area contributed by atoms with Gasteiger partial charge in [0.05, 0.1) is 17.7 Å². The van der Waals surface area contributed by atoms with E-state index in [-0.39, 0.29) is 6.54 Å². The Bertz CT molecular complexity index is 978. The van der Waals surface area contributed by atoms with Crippen molar-refractivity contribution < 1.29 is 18.3 Å². The number of nitrogens with zero attached hydrogens (tertiary/aromatic N) is 4. The SMILES string of the molecule is OC1(Cn2nnc(-c3ccccc3Nc3ccc(C(F)(F)F)cc3)n2)CCCC1. The Morgan fingerprint density at radius 1 is 1.03 bits per heavy atom. The molecule has 0 amide bonds. The van der Waals surface area contributed by atoms with Crippen molar-refractivity contribution in [1.82, 2.24) is 20.2 Å². The second kappa shape index (κ2) is 7.47. The number of alkyl halides is 3. The molecule has 1 aromatic heterocycles. The van der Waals surface area contributed by atoms with Gasteiger partial charge in [0.15, 0.2) is 0 Å². The van der Waals surface area contributed by atoms with Crippen molar-refractivity contribution in [2.45, 2.75) is 44.0 Å². The van der Waals surface area contributed by atoms with Crippen LogP contribution in [-0.4, -0.2) is 30.9 Å². The lowest BCUT2D eigenvalue weighted by Crippen LogP contribution is -2.31. The molecule has 2 N–H and O–H groups in total. The molecule has 1 aliphatic rings. The van der Waals surface area contributed by atoms with Gasteiger partial charge in [0.25, 0.3) is 0 Å². The highest BCUT2D eigenvalue weighted by Gasteiger charge is 2.32. The lowest BCUT2D eigenvalue weighted by atomic mass is 10.0. The number of hydrogen-bond acceptors (Lipinski definition) is 5. The molecule has 0 aliphatic heterocycles. The molecule has 2 aromatic carbocycles. The molecule has 1 heterocycles. The molecule has 29 heavy (non-hydrogen) atoms. The van der Waals surface area contributed by atoms with Gasteiger partial charge in [-0.1, -0.05) is 25.0 Å². The van der Waals surface area contributed by atoms with Gasteiger partial charge in [0.2, 0.25) is 5.82 Å². The van der Waals surface area contributed by atoms with Crippen LogP contribution in [-0.2, 0) is 12.7 Å². The maximum absolute atomic E-state index is 12.7. The number of hydrogen-bond donors (Lipinski definition) is 2. The van der Waals surface area contributed by atoms with Crippen molar-refractivity contribution >= 4 is 11.4 Å². The first-order chi connectivity index (χ1) is 13.8. The Morgan fingerprint density at radius 2 is 1.72 bits per heavy atom. The van der Waals surface area contributed by atoms with Gasteiger partial charge >= 0.3 is 6.18 Å². The first-order valence-corrected chi connectivity index (χ1v) is 9.36. The molecule has 0 unspecified atom stereocenters. The standard InChI is InChI=1S/C20H20F3N5O/c21-20(22,23)14-7-9-15(10-8-14)24-17-6-2-1-5-16(17)18-25-27-28(26-18)13-19(29)11-3-4-12-19/h1-2,5-10,24,29H,3-4,11-13H2. The minimum absolute atomic E-state index is 0.286. The van der Waals surface area contributed by atoms with Crippen molar-refractivity contribution in [2.75, 3.05) is 5.32 Å². The number of nitrogens with one attached hydrogen (secondary N) is 1. The molecule has 4 rings (SSSR count). The van der Waals surface area contributed by atoms with E-state index in [9.17, 15) is 18.3 Å². The molecule has 0 radical (unpaired) electrons. The second-order valence-corrected chi connectivity index (χ2v) is 7.32. The van der Waals surface area contributed by atoms with E-state index in [1.807, 2.05) is 12.1 Å². The summed E-state index contributed by atoms with van der Waals surface area (Å²) in [7, 11) is 0. The third kappa shape index (κ3) is 4.40. The molecule has 0 spiro atoms. The van der Waals surface area contributed by atoms with Crippen LogP contribution in [0.15, 0.2) is 48.5 Å². The molecule has 0 saturated heterocycles. The fourth-order valence-electron chi connectivity index (χ4n) is 3.56. The minimum Gasteiger partial charge on any atom is -0.388 e. The lowest BCUT2D eigenvalue weighted by Gasteiger charge is -2.20. The van der Waals surface area contributed by atoms with Gasteiger partial charge in [-0.25, -0.2) is 0 Å². The van der Waals surface area contributed by atoms with Crippen LogP contribution in [0.25, 0.3) is 11.4 Å². The van der Waals surface area contributed by atoms with Crippen molar-refractivity contribution in [1.29, 1.82) is 0 Å². The molecule has 9 heteroatoms. The van der Waals surface area contributed by atoms with E-state index in [1.165, 1.54) is 16.9 Å². The predicted octanol–water partition coefficient (Wildman–Crippen LogP) is 4.41.